The van der Waals surface area contributed by atoms with E-state index in [1.54, 1.807) is 6.92 Å². The third kappa shape index (κ3) is 5.80. The third-order valence-electron chi connectivity index (χ3n) is 4.27. The van der Waals surface area contributed by atoms with Crippen LogP contribution in [0, 0.1) is 11.8 Å². The van der Waals surface area contributed by atoms with Gasteiger partial charge in [0, 0.05) is 12.6 Å². The lowest BCUT2D eigenvalue weighted by Gasteiger charge is -2.31. The molecule has 20 heavy (non-hydrogen) atoms. The maximum atomic E-state index is 11.8. The van der Waals surface area contributed by atoms with Crippen LogP contribution >= 0.6 is 0 Å². The zero-order chi connectivity index (χ0) is 15.0. The minimum atomic E-state index is -0.776. The van der Waals surface area contributed by atoms with Gasteiger partial charge in [0.15, 0.2) is 0 Å². The van der Waals surface area contributed by atoms with Gasteiger partial charge in [0.1, 0.15) is 0 Å². The largest absolute Gasteiger partial charge is 0.481 e. The van der Waals surface area contributed by atoms with Gasteiger partial charge in [0.05, 0.1) is 5.92 Å². The average molecular weight is 284 g/mol. The molecule has 0 saturated heterocycles. The van der Waals surface area contributed by atoms with Crippen LogP contribution in [-0.4, -0.2) is 29.7 Å². The molecule has 0 heterocycles. The van der Waals surface area contributed by atoms with Crippen LogP contribution < -0.4 is 10.6 Å². The normalized spacial score (nSPS) is 23.9. The van der Waals surface area contributed by atoms with Crippen LogP contribution in [0.2, 0.25) is 0 Å². The Balaban J connectivity index is 2.18. The molecule has 0 aromatic carbocycles. The summed E-state index contributed by atoms with van der Waals surface area (Å²) in [5.74, 6) is -0.522. The Labute approximate surface area is 121 Å². The molecule has 116 valence electrons. The van der Waals surface area contributed by atoms with E-state index in [2.05, 4.69) is 17.6 Å². The molecule has 0 spiro atoms. The molecule has 0 aromatic heterocycles. The molecule has 3 atom stereocenters. The van der Waals surface area contributed by atoms with Crippen molar-refractivity contribution in [1.29, 1.82) is 0 Å². The summed E-state index contributed by atoms with van der Waals surface area (Å²) in [6, 6.07) is 0.185. The standard InChI is InChI=1S/C15H28N2O3/c1-3-12-8-4-5-9-13(12)17-15(20)16-10-6-7-11(2)14(18)19/h11-13H,3-10H2,1-2H3,(H,18,19)(H2,16,17,20). The smallest absolute Gasteiger partial charge is 0.315 e. The second-order valence-corrected chi connectivity index (χ2v) is 5.84. The Hall–Kier alpha value is -1.26. The molecule has 1 aliphatic carbocycles. The lowest BCUT2D eigenvalue weighted by atomic mass is 9.83. The molecule has 1 rings (SSSR count). The Bertz CT molecular complexity index is 320. The monoisotopic (exact) mass is 284 g/mol. The fourth-order valence-electron chi connectivity index (χ4n) is 2.84. The van der Waals surface area contributed by atoms with Gasteiger partial charge in [-0.25, -0.2) is 4.79 Å². The van der Waals surface area contributed by atoms with Crippen molar-refractivity contribution in [2.45, 2.75) is 64.8 Å². The predicted octanol–water partition coefficient (Wildman–Crippen LogP) is 2.76. The number of carboxylic acids is 1. The van der Waals surface area contributed by atoms with Crippen LogP contribution in [-0.2, 0) is 4.79 Å². The second-order valence-electron chi connectivity index (χ2n) is 5.84. The Morgan fingerprint density at radius 3 is 2.65 bits per heavy atom. The van der Waals surface area contributed by atoms with E-state index >= 15 is 0 Å². The van der Waals surface area contributed by atoms with Gasteiger partial charge in [-0.2, -0.15) is 0 Å². The molecular weight excluding hydrogens is 256 g/mol. The van der Waals surface area contributed by atoms with Crippen molar-refractivity contribution >= 4 is 12.0 Å². The SMILES string of the molecule is CCC1CCCCC1NC(=O)NCCCC(C)C(=O)O. The van der Waals surface area contributed by atoms with Crippen molar-refractivity contribution in [3.63, 3.8) is 0 Å². The maximum Gasteiger partial charge on any atom is 0.315 e. The summed E-state index contributed by atoms with van der Waals surface area (Å²) >= 11 is 0. The van der Waals surface area contributed by atoms with E-state index in [1.807, 2.05) is 0 Å². The molecule has 0 radical (unpaired) electrons. The van der Waals surface area contributed by atoms with E-state index in [0.29, 0.717) is 31.3 Å². The maximum absolute atomic E-state index is 11.8. The van der Waals surface area contributed by atoms with E-state index in [4.69, 9.17) is 5.11 Å². The Kier molecular flexibility index (Phi) is 7.41. The lowest BCUT2D eigenvalue weighted by Crippen LogP contribution is -2.46. The first-order valence-electron chi connectivity index (χ1n) is 7.81. The molecule has 2 amide bonds. The molecule has 1 saturated carbocycles. The summed E-state index contributed by atoms with van der Waals surface area (Å²) < 4.78 is 0. The minimum absolute atomic E-state index is 0.113. The van der Waals surface area contributed by atoms with Crippen LogP contribution in [0.1, 0.15) is 58.8 Å². The number of hydrogen-bond donors (Lipinski definition) is 3. The van der Waals surface area contributed by atoms with Crippen molar-refractivity contribution in [1.82, 2.24) is 10.6 Å². The van der Waals surface area contributed by atoms with Gasteiger partial charge >= 0.3 is 12.0 Å². The zero-order valence-corrected chi connectivity index (χ0v) is 12.7. The predicted molar refractivity (Wildman–Crippen MR) is 78.6 cm³/mol. The number of rotatable bonds is 7. The fraction of sp³-hybridized carbons (Fsp3) is 0.867. The summed E-state index contributed by atoms with van der Waals surface area (Å²) in [4.78, 5) is 22.5. The molecule has 5 nitrogen and oxygen atoms in total. The van der Waals surface area contributed by atoms with Crippen LogP contribution in [0.15, 0.2) is 0 Å². The number of aliphatic carboxylic acids is 1. The molecule has 5 heteroatoms. The van der Waals surface area contributed by atoms with Gasteiger partial charge in [-0.05, 0) is 31.6 Å². The summed E-state index contributed by atoms with van der Waals surface area (Å²) in [6.07, 6.45) is 7.14. The zero-order valence-electron chi connectivity index (χ0n) is 12.7. The highest BCUT2D eigenvalue weighted by atomic mass is 16.4. The first kappa shape index (κ1) is 16.8. The van der Waals surface area contributed by atoms with Crippen molar-refractivity contribution in [2.75, 3.05) is 6.54 Å². The highest BCUT2D eigenvalue weighted by Gasteiger charge is 2.24. The van der Waals surface area contributed by atoms with E-state index in [-0.39, 0.29) is 11.9 Å². The highest BCUT2D eigenvalue weighted by Crippen LogP contribution is 2.26. The molecule has 0 aromatic rings. The molecule has 3 unspecified atom stereocenters. The van der Waals surface area contributed by atoms with Gasteiger partial charge in [-0.1, -0.05) is 33.1 Å². The van der Waals surface area contributed by atoms with Crippen molar-refractivity contribution in [3.05, 3.63) is 0 Å². The van der Waals surface area contributed by atoms with Gasteiger partial charge in [0.2, 0.25) is 0 Å². The van der Waals surface area contributed by atoms with Gasteiger partial charge in [0.25, 0.3) is 0 Å². The molecule has 1 aliphatic rings. The Morgan fingerprint density at radius 1 is 1.30 bits per heavy atom. The first-order chi connectivity index (χ1) is 9.54. The topological polar surface area (TPSA) is 78.4 Å². The van der Waals surface area contributed by atoms with E-state index < -0.39 is 5.97 Å². The van der Waals surface area contributed by atoms with E-state index in [0.717, 1.165) is 12.8 Å². The summed E-state index contributed by atoms with van der Waals surface area (Å²) in [5.41, 5.74) is 0. The first-order valence-corrected chi connectivity index (χ1v) is 7.81. The third-order valence-corrected chi connectivity index (χ3v) is 4.27. The molecule has 3 N–H and O–H groups in total. The van der Waals surface area contributed by atoms with Crippen molar-refractivity contribution < 1.29 is 14.7 Å². The van der Waals surface area contributed by atoms with Crippen LogP contribution in [0.4, 0.5) is 4.79 Å². The van der Waals surface area contributed by atoms with Gasteiger partial charge in [-0.3, -0.25) is 4.79 Å². The number of hydrogen-bond acceptors (Lipinski definition) is 2. The van der Waals surface area contributed by atoms with Crippen molar-refractivity contribution in [3.8, 4) is 0 Å². The van der Waals surface area contributed by atoms with Crippen LogP contribution in [0.25, 0.3) is 0 Å². The van der Waals surface area contributed by atoms with Crippen LogP contribution in [0.5, 0.6) is 0 Å². The summed E-state index contributed by atoms with van der Waals surface area (Å²) in [7, 11) is 0. The van der Waals surface area contributed by atoms with E-state index in [9.17, 15) is 9.59 Å². The number of carbonyl (C=O) groups is 2. The van der Waals surface area contributed by atoms with Gasteiger partial charge < -0.3 is 15.7 Å². The quantitative estimate of drug-likeness (QED) is 0.629. The van der Waals surface area contributed by atoms with Gasteiger partial charge in [-0.15, -0.1) is 0 Å². The van der Waals surface area contributed by atoms with E-state index in [1.165, 1.54) is 19.3 Å². The number of nitrogens with one attached hydrogen (secondary N) is 2. The number of urea groups is 1. The highest BCUT2D eigenvalue weighted by molar-refractivity contribution is 5.74. The lowest BCUT2D eigenvalue weighted by molar-refractivity contribution is -0.141. The minimum Gasteiger partial charge on any atom is -0.481 e. The number of carbonyl (C=O) groups excluding carboxylic acids is 1. The number of amides is 2. The average Bonchev–Trinajstić information content (AvgIpc) is 2.43. The molecule has 0 bridgehead atoms. The Morgan fingerprint density at radius 2 is 2.00 bits per heavy atom. The van der Waals surface area contributed by atoms with Crippen molar-refractivity contribution in [2.24, 2.45) is 11.8 Å². The fourth-order valence-corrected chi connectivity index (χ4v) is 2.84. The second kappa shape index (κ2) is 8.82. The van der Waals surface area contributed by atoms with Crippen LogP contribution in [0.3, 0.4) is 0 Å². The summed E-state index contributed by atoms with van der Waals surface area (Å²) in [5, 5.41) is 14.7. The molecule has 1 fully saturated rings. The number of carboxylic acid groups (broad SMARTS) is 1. The molecular formula is C15H28N2O3. The summed E-state index contributed by atoms with van der Waals surface area (Å²) in [6.45, 7) is 4.40. The molecule has 0 aliphatic heterocycles.